The molecule has 0 saturated carbocycles. The number of H-pyrrole nitrogens is 1. The molecule has 0 radical (unpaired) electrons. The van der Waals surface area contributed by atoms with Crippen LogP contribution in [-0.2, 0) is 11.2 Å². The minimum atomic E-state index is -5.17. The highest BCUT2D eigenvalue weighted by Gasteiger charge is 2.32. The van der Waals surface area contributed by atoms with Crippen molar-refractivity contribution >= 4 is 5.97 Å². The van der Waals surface area contributed by atoms with E-state index in [0.717, 1.165) is 0 Å². The monoisotopic (exact) mass is 287 g/mol. The summed E-state index contributed by atoms with van der Waals surface area (Å²) in [5.41, 5.74) is -3.32. The molecule has 0 bridgehead atoms. The Bertz CT molecular complexity index is 536. The molecule has 1 aromatic rings. The van der Waals surface area contributed by atoms with E-state index in [-0.39, 0.29) is 6.07 Å². The van der Waals surface area contributed by atoms with Crippen LogP contribution < -0.4 is 10.3 Å². The summed E-state index contributed by atoms with van der Waals surface area (Å²) in [6.07, 6.45) is -9.52. The topological polar surface area (TPSA) is 79.4 Å². The third-order valence-corrected chi connectivity index (χ3v) is 1.93. The Morgan fingerprint density at radius 3 is 2.42 bits per heavy atom. The number of nitrogens with one attached hydrogen (secondary N) is 1. The Morgan fingerprint density at radius 2 is 2.00 bits per heavy atom. The van der Waals surface area contributed by atoms with E-state index < -0.39 is 47.7 Å². The molecule has 0 unspecified atom stereocenters. The smallest absolute Gasteiger partial charge is 0.481 e. The van der Waals surface area contributed by atoms with Crippen molar-refractivity contribution in [2.24, 2.45) is 0 Å². The second kappa shape index (κ2) is 5.24. The van der Waals surface area contributed by atoms with Crippen molar-refractivity contribution < 1.29 is 36.6 Å². The summed E-state index contributed by atoms with van der Waals surface area (Å²) in [7, 11) is 0. The fourth-order valence-electron chi connectivity index (χ4n) is 1.29. The Labute approximate surface area is 101 Å². The van der Waals surface area contributed by atoms with E-state index in [0.29, 0.717) is 0 Å². The van der Waals surface area contributed by atoms with E-state index in [1.807, 2.05) is 0 Å². The summed E-state index contributed by atoms with van der Waals surface area (Å²) >= 11 is 0. The molecule has 1 heterocycles. The van der Waals surface area contributed by atoms with E-state index in [9.17, 15) is 31.5 Å². The predicted molar refractivity (Wildman–Crippen MR) is 50.0 cm³/mol. The molecule has 19 heavy (non-hydrogen) atoms. The van der Waals surface area contributed by atoms with E-state index in [2.05, 4.69) is 4.74 Å². The van der Waals surface area contributed by atoms with Gasteiger partial charge in [-0.3, -0.25) is 14.6 Å². The lowest BCUT2D eigenvalue weighted by atomic mass is 10.1. The molecule has 1 rings (SSSR count). The van der Waals surface area contributed by atoms with Crippen LogP contribution >= 0.6 is 0 Å². The Hall–Kier alpha value is -2.13. The van der Waals surface area contributed by atoms with E-state index in [1.165, 1.54) is 4.98 Å². The molecule has 10 heteroatoms. The summed E-state index contributed by atoms with van der Waals surface area (Å²) in [6, 6.07) is 0.248. The maximum atomic E-state index is 12.6. The zero-order chi connectivity index (χ0) is 14.8. The zero-order valence-electron chi connectivity index (χ0n) is 8.92. The second-order valence-electron chi connectivity index (χ2n) is 3.32. The quantitative estimate of drug-likeness (QED) is 0.828. The van der Waals surface area contributed by atoms with E-state index in [4.69, 9.17) is 5.11 Å². The average molecular weight is 287 g/mol. The van der Waals surface area contributed by atoms with Crippen molar-refractivity contribution in [3.05, 3.63) is 27.5 Å². The first kappa shape index (κ1) is 14.9. The number of hydrogen-bond donors (Lipinski definition) is 2. The van der Waals surface area contributed by atoms with Crippen LogP contribution in [-0.4, -0.2) is 22.4 Å². The maximum absolute atomic E-state index is 12.6. The van der Waals surface area contributed by atoms with Crippen LogP contribution in [0.1, 0.15) is 17.6 Å². The van der Waals surface area contributed by atoms with E-state index in [1.54, 1.807) is 0 Å². The van der Waals surface area contributed by atoms with Crippen molar-refractivity contribution in [1.82, 2.24) is 4.98 Å². The highest BCUT2D eigenvalue weighted by atomic mass is 19.4. The summed E-state index contributed by atoms with van der Waals surface area (Å²) in [4.78, 5) is 23.2. The summed E-state index contributed by atoms with van der Waals surface area (Å²) in [6.45, 7) is 0. The number of aromatic amines is 1. The molecule has 0 saturated heterocycles. The van der Waals surface area contributed by atoms with Gasteiger partial charge in [-0.25, -0.2) is 8.78 Å². The van der Waals surface area contributed by atoms with Gasteiger partial charge >= 0.3 is 12.3 Å². The second-order valence-corrected chi connectivity index (χ2v) is 3.32. The van der Waals surface area contributed by atoms with Gasteiger partial charge in [0.25, 0.3) is 12.0 Å². The fourth-order valence-corrected chi connectivity index (χ4v) is 1.29. The maximum Gasteiger partial charge on any atom is 0.574 e. The van der Waals surface area contributed by atoms with Crippen molar-refractivity contribution in [1.29, 1.82) is 0 Å². The van der Waals surface area contributed by atoms with Gasteiger partial charge in [-0.15, -0.1) is 13.2 Å². The molecule has 0 aliphatic carbocycles. The van der Waals surface area contributed by atoms with Crippen molar-refractivity contribution in [2.45, 2.75) is 19.2 Å². The molecule has 5 nitrogen and oxygen atoms in total. The van der Waals surface area contributed by atoms with Crippen molar-refractivity contribution in [2.75, 3.05) is 0 Å². The Kier molecular flexibility index (Phi) is 4.12. The molecule has 0 atom stereocenters. The average Bonchev–Trinajstić information content (AvgIpc) is 2.18. The number of pyridine rings is 1. The lowest BCUT2D eigenvalue weighted by Crippen LogP contribution is -2.24. The standard InChI is InChI=1S/C9H6F5NO4/c10-7(11)3-1-5(19-9(12,13)14)15-8(18)4(3)2-6(16)17/h1,7H,2H2,(H,15,18)(H,16,17). The fraction of sp³-hybridized carbons (Fsp3) is 0.333. The number of rotatable bonds is 4. The number of aliphatic carboxylic acids is 1. The number of aromatic nitrogens is 1. The Balaban J connectivity index is 3.29. The molecule has 0 aromatic carbocycles. The van der Waals surface area contributed by atoms with Gasteiger partial charge in [-0.2, -0.15) is 0 Å². The number of carboxylic acids is 1. The first-order chi connectivity index (χ1) is 8.60. The zero-order valence-corrected chi connectivity index (χ0v) is 8.92. The summed E-state index contributed by atoms with van der Waals surface area (Å²) < 4.78 is 64.1. The SMILES string of the molecule is O=C(O)Cc1c(C(F)F)cc(OC(F)(F)F)[nH]c1=O. The van der Waals surface area contributed by atoms with Gasteiger partial charge in [0.1, 0.15) is 0 Å². The molecule has 0 spiro atoms. The van der Waals surface area contributed by atoms with Crippen LogP contribution in [0.25, 0.3) is 0 Å². The first-order valence-electron chi connectivity index (χ1n) is 4.62. The molecule has 0 aliphatic heterocycles. The Morgan fingerprint density at radius 1 is 1.42 bits per heavy atom. The van der Waals surface area contributed by atoms with Crippen LogP contribution in [0.15, 0.2) is 10.9 Å². The largest absolute Gasteiger partial charge is 0.574 e. The highest BCUT2D eigenvalue weighted by molar-refractivity contribution is 5.70. The predicted octanol–water partition coefficient (Wildman–Crippen LogP) is 1.84. The normalized spacial score (nSPS) is 11.7. The molecule has 106 valence electrons. The van der Waals surface area contributed by atoms with Crippen LogP contribution in [0, 0.1) is 0 Å². The van der Waals surface area contributed by atoms with Gasteiger partial charge in [0.2, 0.25) is 5.88 Å². The number of hydrogen-bond acceptors (Lipinski definition) is 3. The van der Waals surface area contributed by atoms with Crippen LogP contribution in [0.5, 0.6) is 5.88 Å². The van der Waals surface area contributed by atoms with Gasteiger partial charge in [0.05, 0.1) is 6.42 Å². The van der Waals surface area contributed by atoms with Gasteiger partial charge in [-0.1, -0.05) is 0 Å². The van der Waals surface area contributed by atoms with Crippen LogP contribution in [0.2, 0.25) is 0 Å². The number of alkyl halides is 5. The van der Waals surface area contributed by atoms with Gasteiger partial charge in [0.15, 0.2) is 0 Å². The minimum absolute atomic E-state index is 0.248. The van der Waals surface area contributed by atoms with Crippen LogP contribution in [0.4, 0.5) is 22.0 Å². The third kappa shape index (κ3) is 4.23. The molecule has 0 aliphatic rings. The molecule has 1 aromatic heterocycles. The number of carboxylic acid groups (broad SMARTS) is 1. The highest BCUT2D eigenvalue weighted by Crippen LogP contribution is 2.26. The van der Waals surface area contributed by atoms with Gasteiger partial charge < -0.3 is 9.84 Å². The van der Waals surface area contributed by atoms with Gasteiger partial charge in [-0.05, 0) is 0 Å². The van der Waals surface area contributed by atoms with Crippen LogP contribution in [0.3, 0.4) is 0 Å². The third-order valence-electron chi connectivity index (χ3n) is 1.93. The number of carbonyl (C=O) groups is 1. The molecular weight excluding hydrogens is 281 g/mol. The van der Waals surface area contributed by atoms with E-state index >= 15 is 0 Å². The van der Waals surface area contributed by atoms with Gasteiger partial charge in [0, 0.05) is 17.2 Å². The first-order valence-corrected chi connectivity index (χ1v) is 4.62. The molecule has 0 amide bonds. The molecular formula is C9H6F5NO4. The molecule has 0 fully saturated rings. The number of ether oxygens (including phenoxy) is 1. The number of halogens is 5. The lowest BCUT2D eigenvalue weighted by Gasteiger charge is -2.11. The van der Waals surface area contributed by atoms with Crippen molar-refractivity contribution in [3.8, 4) is 5.88 Å². The summed E-state index contributed by atoms with van der Waals surface area (Å²) in [5, 5.41) is 8.44. The van der Waals surface area contributed by atoms with Crippen molar-refractivity contribution in [3.63, 3.8) is 0 Å². The minimum Gasteiger partial charge on any atom is -0.481 e. The summed E-state index contributed by atoms with van der Waals surface area (Å²) in [5.74, 6) is -2.81. The lowest BCUT2D eigenvalue weighted by molar-refractivity contribution is -0.276. The molecule has 2 N–H and O–H groups in total.